The van der Waals surface area contributed by atoms with E-state index in [1.54, 1.807) is 11.3 Å². The average Bonchev–Trinajstić information content (AvgIpc) is 3.19. The number of esters is 1. The third kappa shape index (κ3) is 4.54. The second-order valence-electron chi connectivity index (χ2n) is 7.99. The van der Waals surface area contributed by atoms with Crippen LogP contribution in [0.3, 0.4) is 0 Å². The molecule has 0 bridgehead atoms. The molecule has 0 radical (unpaired) electrons. The summed E-state index contributed by atoms with van der Waals surface area (Å²) in [6, 6.07) is 13.9. The summed E-state index contributed by atoms with van der Waals surface area (Å²) in [5.41, 5.74) is 3.77. The highest BCUT2D eigenvalue weighted by Gasteiger charge is 2.35. The molecule has 6 heteroatoms. The lowest BCUT2D eigenvalue weighted by atomic mass is 9.79. The second-order valence-corrected chi connectivity index (χ2v) is 9.05. The number of para-hydroxylation sites is 1. The van der Waals surface area contributed by atoms with Gasteiger partial charge >= 0.3 is 5.97 Å². The lowest BCUT2D eigenvalue weighted by Gasteiger charge is -2.28. The number of amides is 1. The normalized spacial score (nSPS) is 18.9. The molecule has 0 spiro atoms. The summed E-state index contributed by atoms with van der Waals surface area (Å²) >= 11 is 1.66. The predicted molar refractivity (Wildman–Crippen MR) is 120 cm³/mol. The van der Waals surface area contributed by atoms with Gasteiger partial charge in [0.15, 0.2) is 6.61 Å². The molecule has 1 amide bonds. The summed E-state index contributed by atoms with van der Waals surface area (Å²) in [6.07, 6.45) is 3.78. The Hall–Kier alpha value is -2.73. The standard InChI is InChI=1S/C24H26N2O3S/c1-15-11-12-16(2)20(13-15)25-22(27)14-29-24(28)18-8-4-3-7-17(18)23-26-19-9-5-6-10-21(19)30-23/h5-6,9-13,17-18H,3-4,7-8,14H2,1-2H3,(H,25,27)/t17-,18+/m1/s1. The van der Waals surface area contributed by atoms with Crippen LogP contribution in [-0.2, 0) is 14.3 Å². The Balaban J connectivity index is 1.41. The SMILES string of the molecule is Cc1ccc(C)c(NC(=O)COC(=O)[C@H]2CCCC[C@H]2c2nc3ccccc3s2)c1. The number of carbonyl (C=O) groups is 2. The van der Waals surface area contributed by atoms with Gasteiger partial charge in [-0.1, -0.05) is 37.1 Å². The van der Waals surface area contributed by atoms with Crippen LogP contribution < -0.4 is 5.32 Å². The molecule has 3 aromatic rings. The van der Waals surface area contributed by atoms with Crippen LogP contribution >= 0.6 is 11.3 Å². The van der Waals surface area contributed by atoms with E-state index >= 15 is 0 Å². The topological polar surface area (TPSA) is 68.3 Å². The molecule has 1 aliphatic carbocycles. The molecule has 1 saturated carbocycles. The van der Waals surface area contributed by atoms with Crippen LogP contribution in [0.2, 0.25) is 0 Å². The van der Waals surface area contributed by atoms with Gasteiger partial charge in [-0.3, -0.25) is 9.59 Å². The summed E-state index contributed by atoms with van der Waals surface area (Å²) in [7, 11) is 0. The molecule has 1 heterocycles. The molecule has 0 saturated heterocycles. The van der Waals surface area contributed by atoms with Crippen molar-refractivity contribution in [3.8, 4) is 0 Å². The Morgan fingerprint density at radius 3 is 2.77 bits per heavy atom. The monoisotopic (exact) mass is 422 g/mol. The number of nitrogens with zero attached hydrogens (tertiary/aromatic N) is 1. The van der Waals surface area contributed by atoms with Crippen LogP contribution in [0.15, 0.2) is 42.5 Å². The largest absolute Gasteiger partial charge is 0.455 e. The van der Waals surface area contributed by atoms with Gasteiger partial charge in [0.05, 0.1) is 21.1 Å². The molecule has 2 aromatic carbocycles. The van der Waals surface area contributed by atoms with E-state index in [0.29, 0.717) is 0 Å². The van der Waals surface area contributed by atoms with E-state index in [1.807, 2.05) is 50.2 Å². The van der Waals surface area contributed by atoms with Crippen molar-refractivity contribution in [2.75, 3.05) is 11.9 Å². The highest BCUT2D eigenvalue weighted by molar-refractivity contribution is 7.18. The first kappa shape index (κ1) is 20.5. The third-order valence-electron chi connectivity index (χ3n) is 5.71. The van der Waals surface area contributed by atoms with Crippen molar-refractivity contribution in [1.29, 1.82) is 0 Å². The minimum atomic E-state index is -0.315. The Kier molecular flexibility index (Phi) is 6.13. The second kappa shape index (κ2) is 8.96. The van der Waals surface area contributed by atoms with Crippen LogP contribution in [0.5, 0.6) is 0 Å². The van der Waals surface area contributed by atoms with Gasteiger partial charge in [-0.2, -0.15) is 0 Å². The zero-order valence-electron chi connectivity index (χ0n) is 17.3. The van der Waals surface area contributed by atoms with Crippen molar-refractivity contribution in [1.82, 2.24) is 4.98 Å². The van der Waals surface area contributed by atoms with Crippen molar-refractivity contribution in [2.24, 2.45) is 5.92 Å². The molecule has 1 fully saturated rings. The van der Waals surface area contributed by atoms with Gasteiger partial charge in [0.1, 0.15) is 0 Å². The van der Waals surface area contributed by atoms with Crippen molar-refractivity contribution in [2.45, 2.75) is 45.4 Å². The highest BCUT2D eigenvalue weighted by Crippen LogP contribution is 2.41. The number of benzene rings is 2. The molecular weight excluding hydrogens is 396 g/mol. The molecule has 1 N–H and O–H groups in total. The molecule has 30 heavy (non-hydrogen) atoms. The number of thiazole rings is 1. The first-order chi connectivity index (χ1) is 14.5. The van der Waals surface area contributed by atoms with Crippen LogP contribution in [0.1, 0.15) is 47.7 Å². The number of anilines is 1. The lowest BCUT2D eigenvalue weighted by molar-refractivity contribution is -0.153. The maximum Gasteiger partial charge on any atom is 0.310 e. The van der Waals surface area contributed by atoms with Crippen molar-refractivity contribution in [3.05, 3.63) is 58.6 Å². The van der Waals surface area contributed by atoms with Gasteiger partial charge in [-0.15, -0.1) is 11.3 Å². The fourth-order valence-electron chi connectivity index (χ4n) is 4.06. The first-order valence-electron chi connectivity index (χ1n) is 10.4. The Morgan fingerprint density at radius 1 is 1.13 bits per heavy atom. The molecular formula is C24H26N2O3S. The van der Waals surface area contributed by atoms with Crippen LogP contribution in [0, 0.1) is 19.8 Å². The van der Waals surface area contributed by atoms with Gasteiger partial charge in [0, 0.05) is 11.6 Å². The van der Waals surface area contributed by atoms with Gasteiger partial charge in [0.2, 0.25) is 0 Å². The summed E-state index contributed by atoms with van der Waals surface area (Å²) in [6.45, 7) is 3.64. The minimum absolute atomic E-state index is 0.0609. The molecule has 5 nitrogen and oxygen atoms in total. The van der Waals surface area contributed by atoms with Crippen molar-refractivity contribution < 1.29 is 14.3 Å². The zero-order chi connectivity index (χ0) is 21.1. The van der Waals surface area contributed by atoms with E-state index in [9.17, 15) is 9.59 Å². The Bertz CT molecular complexity index is 1040. The fraction of sp³-hybridized carbons (Fsp3) is 0.375. The van der Waals surface area contributed by atoms with E-state index in [0.717, 1.165) is 57.7 Å². The minimum Gasteiger partial charge on any atom is -0.455 e. The van der Waals surface area contributed by atoms with E-state index in [2.05, 4.69) is 11.4 Å². The average molecular weight is 423 g/mol. The smallest absolute Gasteiger partial charge is 0.310 e. The van der Waals surface area contributed by atoms with Crippen molar-refractivity contribution >= 4 is 39.1 Å². The lowest BCUT2D eigenvalue weighted by Crippen LogP contribution is -2.30. The number of carbonyl (C=O) groups excluding carboxylic acids is 2. The zero-order valence-corrected chi connectivity index (χ0v) is 18.1. The van der Waals surface area contributed by atoms with Gasteiger partial charge < -0.3 is 10.1 Å². The summed E-state index contributed by atoms with van der Waals surface area (Å²) < 4.78 is 6.57. The van der Waals surface area contributed by atoms with Gasteiger partial charge in [-0.25, -0.2) is 4.98 Å². The molecule has 1 aliphatic rings. The summed E-state index contributed by atoms with van der Waals surface area (Å²) in [5.74, 6) is -0.794. The number of hydrogen-bond acceptors (Lipinski definition) is 5. The van der Waals surface area contributed by atoms with E-state index < -0.39 is 0 Å². The first-order valence-corrected chi connectivity index (χ1v) is 11.2. The molecule has 1 aromatic heterocycles. The summed E-state index contributed by atoms with van der Waals surface area (Å²) in [5, 5.41) is 3.84. The van der Waals surface area contributed by atoms with E-state index in [-0.39, 0.29) is 30.3 Å². The van der Waals surface area contributed by atoms with Crippen LogP contribution in [0.25, 0.3) is 10.2 Å². The number of ether oxygens (including phenoxy) is 1. The van der Waals surface area contributed by atoms with Crippen LogP contribution in [0.4, 0.5) is 5.69 Å². The molecule has 2 atom stereocenters. The predicted octanol–water partition coefficient (Wildman–Crippen LogP) is 5.37. The number of fused-ring (bicyclic) bond motifs is 1. The molecule has 156 valence electrons. The van der Waals surface area contributed by atoms with Gasteiger partial charge in [-0.05, 0) is 56.0 Å². The molecule has 0 unspecified atom stereocenters. The highest BCUT2D eigenvalue weighted by atomic mass is 32.1. The van der Waals surface area contributed by atoms with Crippen molar-refractivity contribution in [3.63, 3.8) is 0 Å². The maximum absolute atomic E-state index is 12.8. The third-order valence-corrected chi connectivity index (χ3v) is 6.88. The number of rotatable bonds is 5. The Labute approximate surface area is 180 Å². The summed E-state index contributed by atoms with van der Waals surface area (Å²) in [4.78, 5) is 30.0. The molecule has 0 aliphatic heterocycles. The Morgan fingerprint density at radius 2 is 1.93 bits per heavy atom. The van der Waals surface area contributed by atoms with Gasteiger partial charge in [0.25, 0.3) is 5.91 Å². The number of aromatic nitrogens is 1. The maximum atomic E-state index is 12.8. The molecule has 4 rings (SSSR count). The fourth-order valence-corrected chi connectivity index (χ4v) is 5.23. The number of nitrogens with one attached hydrogen (secondary N) is 1. The number of hydrogen-bond donors (Lipinski definition) is 1. The van der Waals surface area contributed by atoms with E-state index in [4.69, 9.17) is 9.72 Å². The quantitative estimate of drug-likeness (QED) is 0.561. The van der Waals surface area contributed by atoms with Crippen LogP contribution in [-0.4, -0.2) is 23.5 Å². The van der Waals surface area contributed by atoms with E-state index in [1.165, 1.54) is 0 Å². The number of aryl methyl sites for hydroxylation is 2.